The van der Waals surface area contributed by atoms with E-state index in [9.17, 15) is 4.79 Å². The van der Waals surface area contributed by atoms with E-state index in [1.165, 1.54) is 0 Å². The number of aryl methyl sites for hydroxylation is 3. The molecule has 0 fully saturated rings. The minimum Gasteiger partial charge on any atom is -0.347 e. The Morgan fingerprint density at radius 3 is 3.09 bits per heavy atom. The smallest absolute Gasteiger partial charge is 0.257 e. The van der Waals surface area contributed by atoms with Gasteiger partial charge < -0.3 is 9.88 Å². The summed E-state index contributed by atoms with van der Waals surface area (Å²) < 4.78 is 3.70. The maximum absolute atomic E-state index is 12.7. The number of carbonyl (C=O) groups is 1. The molecule has 3 aromatic rings. The average Bonchev–Trinajstić information content (AvgIpc) is 3.07. The molecular formula is C15H17N7O. The predicted molar refractivity (Wildman–Crippen MR) is 82.1 cm³/mol. The van der Waals surface area contributed by atoms with Crippen molar-refractivity contribution < 1.29 is 4.79 Å². The summed E-state index contributed by atoms with van der Waals surface area (Å²) in [7, 11) is 0. The van der Waals surface area contributed by atoms with Crippen LogP contribution < -0.4 is 5.32 Å². The molecule has 0 aromatic carbocycles. The van der Waals surface area contributed by atoms with Crippen molar-refractivity contribution in [2.75, 3.05) is 0 Å². The zero-order valence-corrected chi connectivity index (χ0v) is 13.0. The van der Waals surface area contributed by atoms with Crippen molar-refractivity contribution in [3.05, 3.63) is 41.4 Å². The van der Waals surface area contributed by atoms with Gasteiger partial charge in [0, 0.05) is 31.4 Å². The Labute approximate surface area is 132 Å². The van der Waals surface area contributed by atoms with Crippen molar-refractivity contribution >= 4 is 11.6 Å². The summed E-state index contributed by atoms with van der Waals surface area (Å²) in [6, 6.07) is 1.85. The molecule has 0 saturated carbocycles. The van der Waals surface area contributed by atoms with Crippen molar-refractivity contribution in [2.24, 2.45) is 0 Å². The fourth-order valence-electron chi connectivity index (χ4n) is 3.10. The third-order valence-corrected chi connectivity index (χ3v) is 4.26. The number of hydrogen-bond donors (Lipinski definition) is 1. The van der Waals surface area contributed by atoms with Crippen LogP contribution in [0.5, 0.6) is 0 Å². The van der Waals surface area contributed by atoms with E-state index in [2.05, 4.69) is 30.2 Å². The lowest BCUT2D eigenvalue weighted by molar-refractivity contribution is 0.0928. The lowest BCUT2D eigenvalue weighted by Gasteiger charge is -2.24. The molecule has 23 heavy (non-hydrogen) atoms. The van der Waals surface area contributed by atoms with E-state index in [1.807, 2.05) is 13.8 Å². The number of amides is 1. The summed E-state index contributed by atoms with van der Waals surface area (Å²) in [6.45, 7) is 4.46. The van der Waals surface area contributed by atoms with E-state index in [0.29, 0.717) is 23.4 Å². The number of hydrogen-bond acceptors (Lipinski definition) is 5. The Morgan fingerprint density at radius 2 is 2.22 bits per heavy atom. The van der Waals surface area contributed by atoms with Gasteiger partial charge in [-0.25, -0.2) is 9.50 Å². The predicted octanol–water partition coefficient (Wildman–Crippen LogP) is 0.682. The van der Waals surface area contributed by atoms with Gasteiger partial charge in [0.2, 0.25) is 0 Å². The first kappa shape index (κ1) is 13.9. The Hall–Kier alpha value is -2.77. The van der Waals surface area contributed by atoms with E-state index in [1.54, 1.807) is 23.0 Å². The maximum Gasteiger partial charge on any atom is 0.257 e. The second-order valence-corrected chi connectivity index (χ2v) is 5.83. The highest BCUT2D eigenvalue weighted by Gasteiger charge is 2.25. The lowest BCUT2D eigenvalue weighted by Crippen LogP contribution is -2.41. The van der Waals surface area contributed by atoms with Gasteiger partial charge in [-0.05, 0) is 26.3 Å². The molecule has 3 aromatic heterocycles. The molecule has 0 unspecified atom stereocenters. The highest BCUT2D eigenvalue weighted by atomic mass is 16.1. The topological polar surface area (TPSA) is 90.0 Å². The molecule has 1 amide bonds. The summed E-state index contributed by atoms with van der Waals surface area (Å²) in [4.78, 5) is 17.0. The Kier molecular flexibility index (Phi) is 3.10. The van der Waals surface area contributed by atoms with Crippen molar-refractivity contribution in [3.8, 4) is 0 Å². The van der Waals surface area contributed by atoms with Crippen LogP contribution in [0.1, 0.15) is 34.1 Å². The van der Waals surface area contributed by atoms with Gasteiger partial charge in [-0.15, -0.1) is 10.2 Å². The first-order valence-electron chi connectivity index (χ1n) is 7.63. The molecule has 0 saturated heterocycles. The number of nitrogens with one attached hydrogen (secondary N) is 1. The molecule has 0 aliphatic carbocycles. The summed E-state index contributed by atoms with van der Waals surface area (Å²) >= 11 is 0. The molecule has 1 N–H and O–H groups in total. The minimum absolute atomic E-state index is 0.0581. The van der Waals surface area contributed by atoms with Crippen LogP contribution in [0.15, 0.2) is 18.5 Å². The van der Waals surface area contributed by atoms with Crippen LogP contribution in [-0.2, 0) is 13.0 Å². The third-order valence-electron chi connectivity index (χ3n) is 4.26. The second-order valence-electron chi connectivity index (χ2n) is 5.83. The van der Waals surface area contributed by atoms with Gasteiger partial charge >= 0.3 is 0 Å². The van der Waals surface area contributed by atoms with E-state index < -0.39 is 0 Å². The van der Waals surface area contributed by atoms with Crippen LogP contribution in [0.3, 0.4) is 0 Å². The number of aromatic nitrogens is 6. The first-order valence-corrected chi connectivity index (χ1v) is 7.63. The van der Waals surface area contributed by atoms with E-state index in [4.69, 9.17) is 0 Å². The standard InChI is InChI=1S/C15H17N7O/c1-9-13(14-16-6-3-7-22(14)20-9)15(23)17-11-4-5-12-19-18-10(2)21(12)8-11/h3,6-7,11H,4-5,8H2,1-2H3,(H,17,23)/t11-/m0/s1. The van der Waals surface area contributed by atoms with Crippen LogP contribution in [0.25, 0.3) is 5.65 Å². The van der Waals surface area contributed by atoms with Crippen molar-refractivity contribution in [2.45, 2.75) is 39.3 Å². The molecule has 4 heterocycles. The number of nitrogens with zero attached hydrogens (tertiary/aromatic N) is 6. The van der Waals surface area contributed by atoms with Gasteiger partial charge in [0.25, 0.3) is 5.91 Å². The zero-order valence-electron chi connectivity index (χ0n) is 13.0. The summed E-state index contributed by atoms with van der Waals surface area (Å²) in [5.74, 6) is 1.74. The Balaban J connectivity index is 1.58. The van der Waals surface area contributed by atoms with Crippen molar-refractivity contribution in [3.63, 3.8) is 0 Å². The van der Waals surface area contributed by atoms with Gasteiger partial charge in [0.1, 0.15) is 17.2 Å². The molecule has 118 valence electrons. The van der Waals surface area contributed by atoms with E-state index in [0.717, 1.165) is 24.5 Å². The van der Waals surface area contributed by atoms with Crippen LogP contribution in [0.4, 0.5) is 0 Å². The van der Waals surface area contributed by atoms with Crippen molar-refractivity contribution in [1.82, 2.24) is 34.7 Å². The highest BCUT2D eigenvalue weighted by molar-refractivity contribution is 6.01. The first-order chi connectivity index (χ1) is 11.1. The fraction of sp³-hybridized carbons (Fsp3) is 0.400. The molecule has 8 heteroatoms. The van der Waals surface area contributed by atoms with Crippen LogP contribution in [0, 0.1) is 13.8 Å². The Bertz CT molecular complexity index is 895. The van der Waals surface area contributed by atoms with Crippen LogP contribution in [0.2, 0.25) is 0 Å². The molecule has 0 spiro atoms. The number of carbonyl (C=O) groups excluding carboxylic acids is 1. The second kappa shape index (κ2) is 5.15. The molecule has 1 atom stereocenters. The van der Waals surface area contributed by atoms with Gasteiger partial charge in [0.15, 0.2) is 5.65 Å². The fourth-order valence-corrected chi connectivity index (χ4v) is 3.10. The molecule has 0 bridgehead atoms. The molecular weight excluding hydrogens is 294 g/mol. The average molecular weight is 311 g/mol. The molecule has 4 rings (SSSR count). The van der Waals surface area contributed by atoms with Crippen LogP contribution >= 0.6 is 0 Å². The maximum atomic E-state index is 12.7. The van der Waals surface area contributed by atoms with E-state index >= 15 is 0 Å². The normalized spacial score (nSPS) is 17.2. The number of fused-ring (bicyclic) bond motifs is 2. The zero-order chi connectivity index (χ0) is 16.0. The van der Waals surface area contributed by atoms with Gasteiger partial charge in [-0.3, -0.25) is 4.79 Å². The monoisotopic (exact) mass is 311 g/mol. The van der Waals surface area contributed by atoms with Crippen LogP contribution in [-0.4, -0.2) is 41.3 Å². The highest BCUT2D eigenvalue weighted by Crippen LogP contribution is 2.17. The quantitative estimate of drug-likeness (QED) is 0.752. The summed E-state index contributed by atoms with van der Waals surface area (Å²) in [5.41, 5.74) is 1.80. The largest absolute Gasteiger partial charge is 0.347 e. The molecule has 0 radical (unpaired) electrons. The SMILES string of the molecule is Cc1nn2cccnc2c1C(=O)N[C@H]1CCc2nnc(C)n2C1. The molecule has 8 nitrogen and oxygen atoms in total. The molecule has 1 aliphatic heterocycles. The van der Waals surface area contributed by atoms with Gasteiger partial charge in [-0.2, -0.15) is 5.10 Å². The summed E-state index contributed by atoms with van der Waals surface area (Å²) in [5, 5.41) is 15.7. The number of rotatable bonds is 2. The van der Waals surface area contributed by atoms with Gasteiger partial charge in [0.05, 0.1) is 5.69 Å². The van der Waals surface area contributed by atoms with Crippen molar-refractivity contribution in [1.29, 1.82) is 0 Å². The third kappa shape index (κ3) is 2.26. The lowest BCUT2D eigenvalue weighted by atomic mass is 10.1. The van der Waals surface area contributed by atoms with E-state index in [-0.39, 0.29) is 11.9 Å². The molecule has 1 aliphatic rings. The van der Waals surface area contributed by atoms with Gasteiger partial charge in [-0.1, -0.05) is 0 Å². The summed E-state index contributed by atoms with van der Waals surface area (Å²) in [6.07, 6.45) is 5.13. The Morgan fingerprint density at radius 1 is 1.35 bits per heavy atom. The minimum atomic E-state index is -0.129.